The Morgan fingerprint density at radius 3 is 2.59 bits per heavy atom. The first-order chi connectivity index (χ1) is 8.25. The fraction of sp³-hybridized carbons (Fsp3) is 0.0714. The molecule has 17 heavy (non-hydrogen) atoms. The number of fused-ring (bicyclic) bond motifs is 1. The van der Waals surface area contributed by atoms with E-state index < -0.39 is 0 Å². The highest BCUT2D eigenvalue weighted by Crippen LogP contribution is 2.29. The zero-order chi connectivity index (χ0) is 11.8. The zero-order valence-corrected chi connectivity index (χ0v) is 9.46. The zero-order valence-electron chi connectivity index (χ0n) is 9.46. The fourth-order valence-electron chi connectivity index (χ4n) is 2.13. The van der Waals surface area contributed by atoms with Crippen LogP contribution in [0.15, 0.2) is 48.5 Å². The van der Waals surface area contributed by atoms with Crippen LogP contribution in [0.4, 0.5) is 0 Å². The lowest BCUT2D eigenvalue weighted by Crippen LogP contribution is -1.92. The molecule has 1 N–H and O–H groups in total. The highest BCUT2D eigenvalue weighted by atomic mass is 16.3. The van der Waals surface area contributed by atoms with Crippen molar-refractivity contribution in [2.24, 2.45) is 7.05 Å². The predicted octanol–water partition coefficient (Wildman–Crippen LogP) is 2.95. The number of aryl methyl sites for hydroxylation is 1. The average molecular weight is 224 g/mol. The first kappa shape index (κ1) is 9.90. The lowest BCUT2D eigenvalue weighted by molar-refractivity contribution is 0.476. The monoisotopic (exact) mass is 224 g/mol. The molecular formula is C14H12N2O. The van der Waals surface area contributed by atoms with Crippen molar-refractivity contribution in [1.29, 1.82) is 0 Å². The van der Waals surface area contributed by atoms with E-state index in [-0.39, 0.29) is 5.75 Å². The average Bonchev–Trinajstić information content (AvgIpc) is 2.65. The van der Waals surface area contributed by atoms with Crippen LogP contribution in [-0.4, -0.2) is 14.9 Å². The lowest BCUT2D eigenvalue weighted by Gasteiger charge is -2.02. The minimum atomic E-state index is 0.246. The van der Waals surface area contributed by atoms with Crippen LogP contribution in [0.3, 0.4) is 0 Å². The molecule has 0 bridgehead atoms. The first-order valence-corrected chi connectivity index (χ1v) is 5.47. The quantitative estimate of drug-likeness (QED) is 0.690. The van der Waals surface area contributed by atoms with Crippen molar-refractivity contribution in [1.82, 2.24) is 9.78 Å². The number of benzene rings is 2. The van der Waals surface area contributed by atoms with Gasteiger partial charge in [0.05, 0.1) is 11.2 Å². The summed E-state index contributed by atoms with van der Waals surface area (Å²) in [6.45, 7) is 0. The van der Waals surface area contributed by atoms with Gasteiger partial charge in [-0.05, 0) is 12.1 Å². The molecule has 2 aromatic carbocycles. The second kappa shape index (κ2) is 3.63. The number of hydrogen-bond acceptors (Lipinski definition) is 2. The van der Waals surface area contributed by atoms with Gasteiger partial charge in [-0.25, -0.2) is 0 Å². The van der Waals surface area contributed by atoms with Gasteiger partial charge in [-0.3, -0.25) is 4.68 Å². The second-order valence-electron chi connectivity index (χ2n) is 4.04. The maximum atomic E-state index is 9.45. The molecule has 0 atom stereocenters. The number of aromatic nitrogens is 2. The van der Waals surface area contributed by atoms with E-state index >= 15 is 0 Å². The minimum Gasteiger partial charge on any atom is -0.508 e. The van der Waals surface area contributed by atoms with Crippen molar-refractivity contribution in [3.05, 3.63) is 48.5 Å². The highest BCUT2D eigenvalue weighted by Gasteiger charge is 2.10. The maximum absolute atomic E-state index is 9.45. The number of phenolic OH excluding ortho intramolecular Hbond substituents is 1. The molecule has 0 radical (unpaired) electrons. The van der Waals surface area contributed by atoms with Gasteiger partial charge in [0.25, 0.3) is 0 Å². The van der Waals surface area contributed by atoms with Crippen LogP contribution in [0.5, 0.6) is 5.75 Å². The van der Waals surface area contributed by atoms with Crippen LogP contribution in [0, 0.1) is 0 Å². The van der Waals surface area contributed by atoms with E-state index in [4.69, 9.17) is 0 Å². The van der Waals surface area contributed by atoms with E-state index in [2.05, 4.69) is 17.2 Å². The van der Waals surface area contributed by atoms with Gasteiger partial charge in [0.1, 0.15) is 5.75 Å². The molecule has 84 valence electrons. The molecule has 3 nitrogen and oxygen atoms in total. The number of hydrogen-bond donors (Lipinski definition) is 1. The molecule has 0 unspecified atom stereocenters. The summed E-state index contributed by atoms with van der Waals surface area (Å²) in [4.78, 5) is 0. The standard InChI is InChI=1S/C14H12N2O/c1-16-14(10-5-3-2-4-6-10)12-8-7-11(17)9-13(12)15-16/h2-9,17H,1H3. The molecule has 0 fully saturated rings. The molecule has 1 heterocycles. The molecule has 0 saturated carbocycles. The van der Waals surface area contributed by atoms with E-state index in [1.165, 1.54) is 0 Å². The molecule has 0 aliphatic carbocycles. The smallest absolute Gasteiger partial charge is 0.117 e. The first-order valence-electron chi connectivity index (χ1n) is 5.47. The Morgan fingerprint density at radius 1 is 1.06 bits per heavy atom. The summed E-state index contributed by atoms with van der Waals surface area (Å²) >= 11 is 0. The minimum absolute atomic E-state index is 0.246. The highest BCUT2D eigenvalue weighted by molar-refractivity contribution is 5.93. The Hall–Kier alpha value is -2.29. The van der Waals surface area contributed by atoms with Gasteiger partial charge in [0.15, 0.2) is 0 Å². The van der Waals surface area contributed by atoms with E-state index in [1.54, 1.807) is 12.1 Å². The summed E-state index contributed by atoms with van der Waals surface area (Å²) in [6, 6.07) is 15.4. The lowest BCUT2D eigenvalue weighted by atomic mass is 10.1. The fourth-order valence-corrected chi connectivity index (χ4v) is 2.13. The Kier molecular flexibility index (Phi) is 2.11. The van der Waals surface area contributed by atoms with Crippen molar-refractivity contribution < 1.29 is 5.11 Å². The molecule has 1 aromatic heterocycles. The van der Waals surface area contributed by atoms with Gasteiger partial charge >= 0.3 is 0 Å². The number of nitrogens with zero attached hydrogens (tertiary/aromatic N) is 2. The van der Waals surface area contributed by atoms with E-state index in [1.807, 2.05) is 36.0 Å². The van der Waals surface area contributed by atoms with Gasteiger partial charge < -0.3 is 5.11 Å². The number of aromatic hydroxyl groups is 1. The third-order valence-electron chi connectivity index (χ3n) is 2.87. The van der Waals surface area contributed by atoms with Gasteiger partial charge in [-0.15, -0.1) is 0 Å². The van der Waals surface area contributed by atoms with Gasteiger partial charge in [-0.1, -0.05) is 30.3 Å². The van der Waals surface area contributed by atoms with Crippen molar-refractivity contribution >= 4 is 10.9 Å². The largest absolute Gasteiger partial charge is 0.508 e. The number of rotatable bonds is 1. The third-order valence-corrected chi connectivity index (χ3v) is 2.87. The van der Waals surface area contributed by atoms with Crippen molar-refractivity contribution in [2.45, 2.75) is 0 Å². The van der Waals surface area contributed by atoms with Crippen LogP contribution >= 0.6 is 0 Å². The SMILES string of the molecule is Cn1nc2cc(O)ccc2c1-c1ccccc1. The second-order valence-corrected chi connectivity index (χ2v) is 4.04. The number of phenols is 1. The molecule has 3 aromatic rings. The van der Waals surface area contributed by atoms with E-state index in [9.17, 15) is 5.11 Å². The van der Waals surface area contributed by atoms with Crippen LogP contribution in [0.1, 0.15) is 0 Å². The third kappa shape index (κ3) is 1.56. The molecule has 3 heteroatoms. The van der Waals surface area contributed by atoms with E-state index in [0.717, 1.165) is 22.2 Å². The summed E-state index contributed by atoms with van der Waals surface area (Å²) in [5.74, 6) is 0.246. The Morgan fingerprint density at radius 2 is 1.82 bits per heavy atom. The molecule has 0 aliphatic rings. The summed E-state index contributed by atoms with van der Waals surface area (Å²) in [5, 5.41) is 14.9. The molecule has 0 saturated heterocycles. The summed E-state index contributed by atoms with van der Waals surface area (Å²) in [6.07, 6.45) is 0. The van der Waals surface area contributed by atoms with Crippen molar-refractivity contribution in [3.63, 3.8) is 0 Å². The van der Waals surface area contributed by atoms with Crippen molar-refractivity contribution in [3.8, 4) is 17.0 Å². The maximum Gasteiger partial charge on any atom is 0.117 e. The molecule has 0 spiro atoms. The predicted molar refractivity (Wildman–Crippen MR) is 67.8 cm³/mol. The topological polar surface area (TPSA) is 38.0 Å². The van der Waals surface area contributed by atoms with Crippen LogP contribution in [-0.2, 0) is 7.05 Å². The Bertz CT molecular complexity index is 671. The molecule has 0 amide bonds. The summed E-state index contributed by atoms with van der Waals surface area (Å²) in [7, 11) is 1.92. The van der Waals surface area contributed by atoms with Crippen molar-refractivity contribution in [2.75, 3.05) is 0 Å². The van der Waals surface area contributed by atoms with Crippen LogP contribution in [0.25, 0.3) is 22.2 Å². The molecule has 0 aliphatic heterocycles. The van der Waals surface area contributed by atoms with Gasteiger partial charge in [-0.2, -0.15) is 5.10 Å². The summed E-state index contributed by atoms with van der Waals surface area (Å²) < 4.78 is 1.85. The summed E-state index contributed by atoms with van der Waals surface area (Å²) in [5.41, 5.74) is 3.01. The molecule has 3 rings (SSSR count). The Labute approximate surface area is 98.9 Å². The van der Waals surface area contributed by atoms with Crippen LogP contribution < -0.4 is 0 Å². The van der Waals surface area contributed by atoms with E-state index in [0.29, 0.717) is 0 Å². The molecular weight excluding hydrogens is 212 g/mol. The van der Waals surface area contributed by atoms with Crippen LogP contribution in [0.2, 0.25) is 0 Å². The normalized spacial score (nSPS) is 10.9. The van der Waals surface area contributed by atoms with Gasteiger partial charge in [0, 0.05) is 24.1 Å². The Balaban J connectivity index is 2.33. The van der Waals surface area contributed by atoms with Gasteiger partial charge in [0.2, 0.25) is 0 Å².